The third-order valence-corrected chi connectivity index (χ3v) is 6.51. The molecule has 0 N–H and O–H groups in total. The molecule has 0 aromatic carbocycles. The van der Waals surface area contributed by atoms with E-state index in [1.54, 1.807) is 0 Å². The van der Waals surface area contributed by atoms with Crippen LogP contribution in [-0.4, -0.2) is 14.2 Å². The van der Waals surface area contributed by atoms with Crippen LogP contribution in [0.1, 0.15) is 33.1 Å². The Morgan fingerprint density at radius 1 is 1.46 bits per heavy atom. The number of hydrogen-bond acceptors (Lipinski definition) is 2. The van der Waals surface area contributed by atoms with E-state index in [9.17, 15) is 0 Å². The fourth-order valence-corrected chi connectivity index (χ4v) is 3.68. The van der Waals surface area contributed by atoms with Gasteiger partial charge in [-0.3, -0.25) is 0 Å². The lowest BCUT2D eigenvalue weighted by molar-refractivity contribution is 0.311. The molecule has 0 rings (SSSR count). The van der Waals surface area contributed by atoms with Crippen molar-refractivity contribution in [3.63, 3.8) is 0 Å². The maximum atomic E-state index is 8.39. The molecule has 0 saturated heterocycles. The highest BCUT2D eigenvalue weighted by molar-refractivity contribution is 7.16. The molecule has 0 fully saturated rings. The average molecular weight is 220 g/mol. The molecule has 0 aliphatic rings. The molecule has 0 bridgehead atoms. The van der Waals surface area contributed by atoms with Crippen molar-refractivity contribution >= 4 is 18.7 Å². The molecule has 13 heavy (non-hydrogen) atoms. The maximum Gasteiger partial charge on any atom is 0.289 e. The average Bonchev–Trinajstić information content (AvgIpc) is 2.15. The number of nitrogens with zero attached hydrogens (tertiary/aromatic N) is 1. The zero-order chi connectivity index (χ0) is 10.2. The second-order valence-electron chi connectivity index (χ2n) is 3.10. The highest BCUT2D eigenvalue weighted by atomic mass is 35.6. The minimum Gasteiger partial charge on any atom is -0.403 e. The Morgan fingerprint density at radius 3 is 2.62 bits per heavy atom. The summed E-state index contributed by atoms with van der Waals surface area (Å²) in [4.78, 5) is 0. The van der Waals surface area contributed by atoms with E-state index >= 15 is 0 Å². The van der Waals surface area contributed by atoms with Gasteiger partial charge in [0.15, 0.2) is 0 Å². The van der Waals surface area contributed by atoms with Crippen molar-refractivity contribution in [1.29, 1.82) is 5.26 Å². The second-order valence-corrected chi connectivity index (χ2v) is 8.43. The third kappa shape index (κ3) is 6.09. The van der Waals surface area contributed by atoms with E-state index in [0.717, 1.165) is 31.5 Å². The van der Waals surface area contributed by atoms with Gasteiger partial charge in [0.25, 0.3) is 7.63 Å². The highest BCUT2D eigenvalue weighted by Gasteiger charge is 2.29. The van der Waals surface area contributed by atoms with Crippen molar-refractivity contribution < 1.29 is 4.43 Å². The van der Waals surface area contributed by atoms with E-state index in [2.05, 4.69) is 19.9 Å². The van der Waals surface area contributed by atoms with E-state index in [0.29, 0.717) is 6.42 Å². The van der Waals surface area contributed by atoms with E-state index < -0.39 is 7.63 Å². The molecule has 2 nitrogen and oxygen atoms in total. The summed E-state index contributed by atoms with van der Waals surface area (Å²) < 4.78 is 5.67. The van der Waals surface area contributed by atoms with Gasteiger partial charge in [-0.1, -0.05) is 13.8 Å². The van der Waals surface area contributed by atoms with Crippen LogP contribution in [0.2, 0.25) is 12.1 Å². The van der Waals surface area contributed by atoms with Crippen molar-refractivity contribution in [2.75, 3.05) is 6.61 Å². The minimum absolute atomic E-state index is 0.594. The quantitative estimate of drug-likeness (QED) is 0.374. The van der Waals surface area contributed by atoms with Gasteiger partial charge in [-0.15, -0.1) is 11.1 Å². The molecule has 0 spiro atoms. The van der Waals surface area contributed by atoms with E-state index in [1.165, 1.54) is 0 Å². The van der Waals surface area contributed by atoms with Crippen molar-refractivity contribution in [3.05, 3.63) is 0 Å². The number of unbranched alkanes of at least 4 members (excludes halogenated alkanes) is 1. The van der Waals surface area contributed by atoms with Gasteiger partial charge in [0.2, 0.25) is 0 Å². The van der Waals surface area contributed by atoms with Crippen LogP contribution in [-0.2, 0) is 4.43 Å². The second kappa shape index (κ2) is 7.37. The van der Waals surface area contributed by atoms with Gasteiger partial charge in [-0.2, -0.15) is 5.26 Å². The number of halogens is 1. The maximum absolute atomic E-state index is 8.39. The Bertz CT molecular complexity index is 171. The summed E-state index contributed by atoms with van der Waals surface area (Å²) in [6.07, 6.45) is 2.49. The summed E-state index contributed by atoms with van der Waals surface area (Å²) in [6, 6.07) is 3.96. The van der Waals surface area contributed by atoms with Gasteiger partial charge >= 0.3 is 0 Å². The van der Waals surface area contributed by atoms with Crippen LogP contribution < -0.4 is 0 Å². The van der Waals surface area contributed by atoms with Gasteiger partial charge in [-0.25, -0.2) is 0 Å². The molecule has 0 amide bonds. The molecular weight excluding hydrogens is 202 g/mol. The molecule has 0 aliphatic carbocycles. The monoisotopic (exact) mass is 219 g/mol. The van der Waals surface area contributed by atoms with Gasteiger partial charge in [0.1, 0.15) is 0 Å². The smallest absolute Gasteiger partial charge is 0.289 e. The van der Waals surface area contributed by atoms with Crippen LogP contribution >= 0.6 is 11.1 Å². The Kier molecular flexibility index (Phi) is 7.34. The molecule has 0 heterocycles. The van der Waals surface area contributed by atoms with Crippen molar-refractivity contribution in [1.82, 2.24) is 0 Å². The number of rotatable bonds is 7. The summed E-state index contributed by atoms with van der Waals surface area (Å²) in [5, 5.41) is 8.39. The Morgan fingerprint density at radius 2 is 2.15 bits per heavy atom. The summed E-state index contributed by atoms with van der Waals surface area (Å²) in [5.41, 5.74) is 0. The fraction of sp³-hybridized carbons (Fsp3) is 0.889. The summed E-state index contributed by atoms with van der Waals surface area (Å²) >= 11 is 6.35. The lowest BCUT2D eigenvalue weighted by atomic mass is 10.4. The van der Waals surface area contributed by atoms with Crippen LogP contribution in [0, 0.1) is 11.3 Å². The van der Waals surface area contributed by atoms with Crippen molar-refractivity contribution in [2.45, 2.75) is 45.2 Å². The molecule has 0 aliphatic heterocycles. The van der Waals surface area contributed by atoms with Crippen LogP contribution in [0.25, 0.3) is 0 Å². The highest BCUT2D eigenvalue weighted by Crippen LogP contribution is 2.24. The molecule has 0 aromatic rings. The first kappa shape index (κ1) is 13.0. The zero-order valence-corrected chi connectivity index (χ0v) is 10.2. The van der Waals surface area contributed by atoms with Crippen LogP contribution in [0.5, 0.6) is 0 Å². The Hall–Kier alpha value is -0.0431. The van der Waals surface area contributed by atoms with E-state index in [-0.39, 0.29) is 0 Å². The lowest BCUT2D eigenvalue weighted by Gasteiger charge is -2.22. The Balaban J connectivity index is 3.75. The molecular formula is C9H18ClNOSi. The largest absolute Gasteiger partial charge is 0.403 e. The predicted octanol–water partition coefficient (Wildman–Crippen LogP) is 3.42. The molecule has 0 aromatic heterocycles. The predicted molar refractivity (Wildman–Crippen MR) is 58.0 cm³/mol. The van der Waals surface area contributed by atoms with Crippen molar-refractivity contribution in [2.24, 2.45) is 0 Å². The first-order valence-electron chi connectivity index (χ1n) is 4.88. The first-order valence-corrected chi connectivity index (χ1v) is 8.21. The van der Waals surface area contributed by atoms with Crippen LogP contribution in [0.3, 0.4) is 0 Å². The van der Waals surface area contributed by atoms with E-state index in [1.807, 2.05) is 0 Å². The SMILES string of the molecule is CCCO[Si](Cl)(CC)CCCC#N. The molecule has 76 valence electrons. The summed E-state index contributed by atoms with van der Waals surface area (Å²) in [6.45, 7) is 4.91. The summed E-state index contributed by atoms with van der Waals surface area (Å²) in [7, 11) is -1.96. The first-order chi connectivity index (χ1) is 6.18. The van der Waals surface area contributed by atoms with Gasteiger partial charge in [-0.05, 0) is 24.9 Å². The standard InChI is InChI=1S/C9H18ClNOSi/c1-3-8-12-13(10,4-2)9-6-5-7-11/h3-6,8-9H2,1-2H3. The fourth-order valence-electron chi connectivity index (χ4n) is 1.07. The topological polar surface area (TPSA) is 33.0 Å². The molecule has 0 radical (unpaired) electrons. The molecule has 1 unspecified atom stereocenters. The minimum atomic E-state index is -1.96. The van der Waals surface area contributed by atoms with Crippen LogP contribution in [0.15, 0.2) is 0 Å². The third-order valence-electron chi connectivity index (χ3n) is 1.93. The normalized spacial score (nSPS) is 14.9. The van der Waals surface area contributed by atoms with Gasteiger partial charge in [0, 0.05) is 13.0 Å². The number of hydrogen-bond donors (Lipinski definition) is 0. The molecule has 1 atom stereocenters. The molecule has 0 saturated carbocycles. The summed E-state index contributed by atoms with van der Waals surface area (Å²) in [5.74, 6) is 0. The van der Waals surface area contributed by atoms with Gasteiger partial charge < -0.3 is 4.43 Å². The Labute approximate surface area is 86.7 Å². The van der Waals surface area contributed by atoms with Crippen molar-refractivity contribution in [3.8, 4) is 6.07 Å². The lowest BCUT2D eigenvalue weighted by Crippen LogP contribution is -2.30. The molecule has 4 heteroatoms. The number of nitriles is 1. The van der Waals surface area contributed by atoms with E-state index in [4.69, 9.17) is 20.8 Å². The zero-order valence-electron chi connectivity index (χ0n) is 8.48. The van der Waals surface area contributed by atoms with Gasteiger partial charge in [0.05, 0.1) is 6.07 Å². The van der Waals surface area contributed by atoms with Crippen LogP contribution in [0.4, 0.5) is 0 Å².